The third-order valence-corrected chi connectivity index (χ3v) is 3.19. The van der Waals surface area contributed by atoms with Crippen molar-refractivity contribution in [3.63, 3.8) is 0 Å². The van der Waals surface area contributed by atoms with Gasteiger partial charge in [-0.3, -0.25) is 4.99 Å². The highest BCUT2D eigenvalue weighted by atomic mass is 127. The second kappa shape index (κ2) is 13.8. The van der Waals surface area contributed by atoms with Gasteiger partial charge in [-0.15, -0.1) is 24.0 Å². The van der Waals surface area contributed by atoms with E-state index < -0.39 is 0 Å². The Morgan fingerprint density at radius 1 is 1.27 bits per heavy atom. The average molecular weight is 421 g/mol. The Kier molecular flexibility index (Phi) is 13.2. The van der Waals surface area contributed by atoms with E-state index in [9.17, 15) is 5.11 Å². The number of hydrogen-bond acceptors (Lipinski definition) is 3. The Labute approximate surface area is 150 Å². The van der Waals surface area contributed by atoms with Gasteiger partial charge in [0.1, 0.15) is 0 Å². The number of hydrogen-bond donors (Lipinski definition) is 3. The highest BCUT2D eigenvalue weighted by Gasteiger charge is 2.10. The molecule has 0 bridgehead atoms. The molecule has 0 aromatic heterocycles. The van der Waals surface area contributed by atoms with Crippen LogP contribution in [0.1, 0.15) is 24.8 Å². The number of aliphatic hydroxyl groups excluding tert-OH is 1. The molecular weight excluding hydrogens is 393 g/mol. The molecular formula is C16H28IN3O2. The number of rotatable bonds is 9. The van der Waals surface area contributed by atoms with E-state index in [0.717, 1.165) is 37.7 Å². The molecule has 1 aromatic rings. The fraction of sp³-hybridized carbons (Fsp3) is 0.562. The number of halogens is 1. The number of aliphatic hydroxyl groups is 1. The highest BCUT2D eigenvalue weighted by molar-refractivity contribution is 14.0. The van der Waals surface area contributed by atoms with Crippen LogP contribution in [-0.2, 0) is 4.74 Å². The van der Waals surface area contributed by atoms with Crippen LogP contribution in [0, 0.1) is 0 Å². The topological polar surface area (TPSA) is 65.9 Å². The van der Waals surface area contributed by atoms with Gasteiger partial charge in [0.05, 0.1) is 6.61 Å². The molecule has 0 heterocycles. The maximum Gasteiger partial charge on any atom is 0.191 e. The second-order valence-corrected chi connectivity index (χ2v) is 4.72. The molecule has 1 rings (SSSR count). The van der Waals surface area contributed by atoms with Crippen molar-refractivity contribution in [2.45, 2.75) is 19.3 Å². The molecule has 1 unspecified atom stereocenters. The minimum absolute atomic E-state index is 0. The van der Waals surface area contributed by atoms with Crippen LogP contribution in [0.15, 0.2) is 35.3 Å². The van der Waals surface area contributed by atoms with Crippen LogP contribution in [0.3, 0.4) is 0 Å². The lowest BCUT2D eigenvalue weighted by Gasteiger charge is -2.18. The summed E-state index contributed by atoms with van der Waals surface area (Å²) < 4.78 is 5.29. The first kappa shape index (κ1) is 21.1. The molecule has 0 amide bonds. The van der Waals surface area contributed by atoms with Crippen LogP contribution in [0.2, 0.25) is 0 Å². The quantitative estimate of drug-likeness (QED) is 0.247. The third kappa shape index (κ3) is 8.55. The molecule has 0 aliphatic rings. The first-order valence-electron chi connectivity index (χ1n) is 7.49. The summed E-state index contributed by atoms with van der Waals surface area (Å²) in [6.07, 6.45) is 0.941. The molecule has 0 radical (unpaired) electrons. The summed E-state index contributed by atoms with van der Waals surface area (Å²) in [6, 6.07) is 10.0. The van der Waals surface area contributed by atoms with Crippen molar-refractivity contribution in [3.8, 4) is 0 Å². The fourth-order valence-corrected chi connectivity index (χ4v) is 1.98. The smallest absolute Gasteiger partial charge is 0.191 e. The number of benzene rings is 1. The molecule has 1 aromatic carbocycles. The van der Waals surface area contributed by atoms with Gasteiger partial charge in [0.2, 0.25) is 0 Å². The lowest BCUT2D eigenvalue weighted by molar-refractivity contribution is 0.145. The van der Waals surface area contributed by atoms with Crippen LogP contribution < -0.4 is 10.6 Å². The summed E-state index contributed by atoms with van der Waals surface area (Å²) in [5.41, 5.74) is 1.12. The number of nitrogens with zero attached hydrogens (tertiary/aromatic N) is 1. The Bertz CT molecular complexity index is 402. The predicted molar refractivity (Wildman–Crippen MR) is 102 cm³/mol. The summed E-state index contributed by atoms with van der Waals surface area (Å²) in [5, 5.41) is 16.0. The second-order valence-electron chi connectivity index (χ2n) is 4.72. The van der Waals surface area contributed by atoms with E-state index in [2.05, 4.69) is 15.6 Å². The van der Waals surface area contributed by atoms with Crippen LogP contribution >= 0.6 is 24.0 Å². The lowest BCUT2D eigenvalue weighted by Crippen LogP contribution is -2.40. The normalized spacial score (nSPS) is 12.4. The van der Waals surface area contributed by atoms with Crippen LogP contribution in [-0.4, -0.2) is 51.0 Å². The van der Waals surface area contributed by atoms with Crippen LogP contribution in [0.4, 0.5) is 0 Å². The number of nitrogens with one attached hydrogen (secondary N) is 2. The molecule has 126 valence electrons. The summed E-state index contributed by atoms with van der Waals surface area (Å²) in [6.45, 7) is 5.07. The van der Waals surface area contributed by atoms with Gasteiger partial charge in [-0.1, -0.05) is 30.3 Å². The van der Waals surface area contributed by atoms with Crippen molar-refractivity contribution in [3.05, 3.63) is 35.9 Å². The molecule has 0 fully saturated rings. The minimum atomic E-state index is 0. The molecule has 0 saturated heterocycles. The third-order valence-electron chi connectivity index (χ3n) is 3.19. The van der Waals surface area contributed by atoms with Gasteiger partial charge in [-0.05, 0) is 18.9 Å². The fourth-order valence-electron chi connectivity index (χ4n) is 1.98. The highest BCUT2D eigenvalue weighted by Crippen LogP contribution is 2.13. The van der Waals surface area contributed by atoms with E-state index in [-0.39, 0.29) is 36.5 Å². The Morgan fingerprint density at radius 3 is 2.59 bits per heavy atom. The molecule has 0 spiro atoms. The van der Waals surface area contributed by atoms with Crippen LogP contribution in [0.5, 0.6) is 0 Å². The Morgan fingerprint density at radius 2 is 2.00 bits per heavy atom. The van der Waals surface area contributed by atoms with E-state index in [1.165, 1.54) is 0 Å². The molecule has 0 saturated carbocycles. The largest absolute Gasteiger partial charge is 0.396 e. The maximum atomic E-state index is 9.52. The summed E-state index contributed by atoms with van der Waals surface area (Å²) >= 11 is 0. The van der Waals surface area contributed by atoms with E-state index >= 15 is 0 Å². The Balaban J connectivity index is 0.00000441. The van der Waals surface area contributed by atoms with Gasteiger partial charge >= 0.3 is 0 Å². The molecule has 3 N–H and O–H groups in total. The van der Waals surface area contributed by atoms with Gasteiger partial charge < -0.3 is 20.5 Å². The number of ether oxygens (including phenoxy) is 1. The van der Waals surface area contributed by atoms with Crippen molar-refractivity contribution in [1.82, 2.24) is 10.6 Å². The first-order valence-corrected chi connectivity index (χ1v) is 7.49. The zero-order valence-electron chi connectivity index (χ0n) is 13.4. The van der Waals surface area contributed by atoms with E-state index in [1.54, 1.807) is 7.05 Å². The van der Waals surface area contributed by atoms with Crippen molar-refractivity contribution in [1.29, 1.82) is 0 Å². The molecule has 0 aliphatic heterocycles. The SMILES string of the molecule is CCOCCCNC(=NC)NCC(CO)c1ccccc1.I. The zero-order valence-corrected chi connectivity index (χ0v) is 15.7. The maximum absolute atomic E-state index is 9.52. The first-order chi connectivity index (χ1) is 10.3. The van der Waals surface area contributed by atoms with Crippen molar-refractivity contribution in [2.24, 2.45) is 4.99 Å². The lowest BCUT2D eigenvalue weighted by atomic mass is 10.0. The van der Waals surface area contributed by atoms with Crippen molar-refractivity contribution >= 4 is 29.9 Å². The monoisotopic (exact) mass is 421 g/mol. The zero-order chi connectivity index (χ0) is 15.3. The summed E-state index contributed by atoms with van der Waals surface area (Å²) in [5.74, 6) is 0.814. The number of aliphatic imine (C=N–C) groups is 1. The van der Waals surface area contributed by atoms with Crippen molar-refractivity contribution < 1.29 is 9.84 Å². The van der Waals surface area contributed by atoms with Gasteiger partial charge in [-0.2, -0.15) is 0 Å². The van der Waals surface area contributed by atoms with Crippen molar-refractivity contribution in [2.75, 3.05) is 40.0 Å². The summed E-state index contributed by atoms with van der Waals surface area (Å²) in [7, 11) is 1.74. The van der Waals surface area contributed by atoms with Gasteiger partial charge in [0.15, 0.2) is 5.96 Å². The molecule has 1 atom stereocenters. The minimum Gasteiger partial charge on any atom is -0.396 e. The Hall–Kier alpha value is -0.860. The average Bonchev–Trinajstić information content (AvgIpc) is 2.54. The standard InChI is InChI=1S/C16H27N3O2.HI/c1-3-21-11-7-10-18-16(17-2)19-12-15(13-20)14-8-5-4-6-9-14;/h4-6,8-9,15,20H,3,7,10-13H2,1-2H3,(H2,17,18,19);1H. The van der Waals surface area contributed by atoms with E-state index in [1.807, 2.05) is 37.3 Å². The van der Waals surface area contributed by atoms with Gasteiger partial charge in [-0.25, -0.2) is 0 Å². The summed E-state index contributed by atoms with van der Waals surface area (Å²) in [4.78, 5) is 4.18. The predicted octanol–water partition coefficient (Wildman–Crippen LogP) is 1.97. The van der Waals surface area contributed by atoms with E-state index in [4.69, 9.17) is 4.74 Å². The number of guanidine groups is 1. The molecule has 22 heavy (non-hydrogen) atoms. The molecule has 5 nitrogen and oxygen atoms in total. The van der Waals surface area contributed by atoms with Gasteiger partial charge in [0, 0.05) is 39.3 Å². The molecule has 0 aliphatic carbocycles. The van der Waals surface area contributed by atoms with E-state index in [0.29, 0.717) is 6.54 Å². The molecule has 6 heteroatoms. The van der Waals surface area contributed by atoms with Crippen LogP contribution in [0.25, 0.3) is 0 Å². The van der Waals surface area contributed by atoms with Gasteiger partial charge in [0.25, 0.3) is 0 Å².